The summed E-state index contributed by atoms with van der Waals surface area (Å²) in [6.45, 7) is 25.3. The molecule has 314 valence electrons. The summed E-state index contributed by atoms with van der Waals surface area (Å²) >= 11 is 0. The molecule has 58 heavy (non-hydrogen) atoms. The fourth-order valence-corrected chi connectivity index (χ4v) is 10.2. The van der Waals surface area contributed by atoms with E-state index in [1.807, 2.05) is 69.3 Å². The van der Waals surface area contributed by atoms with Gasteiger partial charge >= 0.3 is 13.1 Å². The van der Waals surface area contributed by atoms with Crippen molar-refractivity contribution in [2.24, 2.45) is 17.3 Å². The number of ether oxygens (including phenoxy) is 1. The first-order valence-electron chi connectivity index (χ1n) is 21.1. The van der Waals surface area contributed by atoms with Gasteiger partial charge in [-0.2, -0.15) is 0 Å². The minimum atomic E-state index is -2.28. The van der Waals surface area contributed by atoms with Crippen LogP contribution < -0.4 is 5.32 Å². The van der Waals surface area contributed by atoms with Gasteiger partial charge in [-0.3, -0.25) is 29.4 Å². The lowest BCUT2D eigenvalue weighted by Crippen LogP contribution is -2.65. The average molecular weight is 812 g/mol. The number of amides is 1. The Morgan fingerprint density at radius 2 is 1.52 bits per heavy atom. The van der Waals surface area contributed by atoms with Crippen molar-refractivity contribution in [3.05, 3.63) is 89.8 Å². The summed E-state index contributed by atoms with van der Waals surface area (Å²) in [5.41, 5.74) is 2.30. The molecule has 4 heterocycles. The molecule has 3 aliphatic carbocycles. The lowest BCUT2D eigenvalue weighted by Gasteiger charge is -2.64. The minimum Gasteiger partial charge on any atom is -0.460 e. The fourth-order valence-electron chi connectivity index (χ4n) is 8.82. The van der Waals surface area contributed by atoms with Gasteiger partial charge in [-0.15, -0.1) is 0 Å². The quantitative estimate of drug-likeness (QED) is 0.112. The molecule has 7 rings (SSSR count). The summed E-state index contributed by atoms with van der Waals surface area (Å²) in [5.74, 6) is -0.0790. The van der Waals surface area contributed by atoms with Crippen molar-refractivity contribution >= 4 is 27.3 Å². The summed E-state index contributed by atoms with van der Waals surface area (Å²) in [7, 11) is -2.93. The van der Waals surface area contributed by atoms with Crippen molar-refractivity contribution in [3.8, 4) is 0 Å². The van der Waals surface area contributed by atoms with E-state index in [4.69, 9.17) is 23.5 Å². The molecule has 13 heteroatoms. The van der Waals surface area contributed by atoms with Crippen molar-refractivity contribution < 1.29 is 28.1 Å². The maximum atomic E-state index is 14.1. The van der Waals surface area contributed by atoms with Gasteiger partial charge in [0.25, 0.3) is 5.91 Å². The maximum absolute atomic E-state index is 14.1. The van der Waals surface area contributed by atoms with Crippen LogP contribution in [0, 0.1) is 17.3 Å². The molecule has 0 spiro atoms. The van der Waals surface area contributed by atoms with Crippen molar-refractivity contribution in [2.75, 3.05) is 0 Å². The van der Waals surface area contributed by atoms with Crippen LogP contribution in [0.3, 0.4) is 0 Å². The SMILES string of the molecule is CC(C)(C)OC(=O)CC(CC[C@H](NC(=O)c1ccc(CN(Cc2ccccn2)Cc2ccccn2)nc1)B1O[C@@H]2C[C@@H]3C[C@@H](C3(C)C)[C@]2(C)O1)O[Si](C)(C)C(C)(C)C. The number of aromatic nitrogens is 3. The summed E-state index contributed by atoms with van der Waals surface area (Å²) in [4.78, 5) is 43.5. The number of nitrogens with one attached hydrogen (secondary N) is 1. The number of hydrogen-bond acceptors (Lipinski definition) is 10. The first-order chi connectivity index (χ1) is 27.1. The number of nitrogens with zero attached hydrogens (tertiary/aromatic N) is 4. The number of carbonyl (C=O) groups is 2. The lowest BCUT2D eigenvalue weighted by atomic mass is 9.43. The van der Waals surface area contributed by atoms with Crippen molar-refractivity contribution in [2.45, 2.75) is 162 Å². The fraction of sp³-hybridized carbons (Fsp3) is 0.622. The molecule has 2 bridgehead atoms. The molecular formula is C45H66BN5O6Si. The van der Waals surface area contributed by atoms with E-state index in [2.05, 4.69) is 74.8 Å². The van der Waals surface area contributed by atoms with Gasteiger partial charge in [0.15, 0.2) is 8.32 Å². The predicted octanol–water partition coefficient (Wildman–Crippen LogP) is 8.34. The Balaban J connectivity index is 1.20. The number of esters is 1. The van der Waals surface area contributed by atoms with E-state index in [-0.39, 0.29) is 34.9 Å². The van der Waals surface area contributed by atoms with E-state index in [1.54, 1.807) is 18.6 Å². The van der Waals surface area contributed by atoms with Crippen LogP contribution in [-0.4, -0.2) is 76.5 Å². The van der Waals surface area contributed by atoms with E-state index in [0.29, 0.717) is 49.9 Å². The Kier molecular flexibility index (Phi) is 13.1. The van der Waals surface area contributed by atoms with Gasteiger partial charge in [-0.05, 0) is 125 Å². The Bertz CT molecular complexity index is 1810. The van der Waals surface area contributed by atoms with Crippen LogP contribution in [0.1, 0.15) is 122 Å². The predicted molar refractivity (Wildman–Crippen MR) is 229 cm³/mol. The monoisotopic (exact) mass is 811 g/mol. The van der Waals surface area contributed by atoms with Crippen LogP contribution in [0.15, 0.2) is 67.1 Å². The van der Waals surface area contributed by atoms with Crippen molar-refractivity contribution in [3.63, 3.8) is 0 Å². The Labute approximate surface area is 348 Å². The highest BCUT2D eigenvalue weighted by Crippen LogP contribution is 2.65. The van der Waals surface area contributed by atoms with Gasteiger partial charge in [0.2, 0.25) is 0 Å². The normalized spacial score (nSPS) is 23.8. The average Bonchev–Trinajstić information content (AvgIpc) is 3.50. The second kappa shape index (κ2) is 17.2. The molecular weight excluding hydrogens is 745 g/mol. The first kappa shape index (κ1) is 44.1. The van der Waals surface area contributed by atoms with Crippen LogP contribution in [0.4, 0.5) is 0 Å². The van der Waals surface area contributed by atoms with E-state index < -0.39 is 38.7 Å². The summed E-state index contributed by atoms with van der Waals surface area (Å²) in [5, 5.41) is 3.24. The van der Waals surface area contributed by atoms with Crippen molar-refractivity contribution in [1.82, 2.24) is 25.2 Å². The number of carbonyl (C=O) groups excluding carboxylic acids is 2. The maximum Gasteiger partial charge on any atom is 0.481 e. The zero-order valence-electron chi connectivity index (χ0n) is 36.7. The van der Waals surface area contributed by atoms with Gasteiger partial charge in [-0.1, -0.05) is 46.8 Å². The molecule has 1 aliphatic heterocycles. The van der Waals surface area contributed by atoms with Gasteiger partial charge in [0, 0.05) is 38.2 Å². The molecule has 1 saturated heterocycles. The molecule has 4 aliphatic rings. The second-order valence-electron chi connectivity index (χ2n) is 20.1. The number of pyridine rings is 3. The van der Waals surface area contributed by atoms with Crippen molar-refractivity contribution in [1.29, 1.82) is 0 Å². The molecule has 3 saturated carbocycles. The highest BCUT2D eigenvalue weighted by molar-refractivity contribution is 6.74. The van der Waals surface area contributed by atoms with Crippen LogP contribution in [0.5, 0.6) is 0 Å². The second-order valence-corrected chi connectivity index (χ2v) is 24.9. The van der Waals surface area contributed by atoms with Gasteiger partial charge in [0.1, 0.15) is 5.60 Å². The van der Waals surface area contributed by atoms with Crippen LogP contribution >= 0.6 is 0 Å². The van der Waals surface area contributed by atoms with Crippen LogP contribution in [0.25, 0.3) is 0 Å². The standard InChI is InChI=1S/C45H66BN5O6Si/c1-42(2,3)54-40(52)26-36(56-58(10,11)43(4,5)6)20-21-39(46-55-38-25-32-24-37(44(32,7)8)45(38,9)57-46)50-41(53)31-18-19-35(49-27-31)30-51(28-33-16-12-14-22-47-33)29-34-17-13-15-23-48-34/h12-19,22-23,27,32,36-39H,20-21,24-26,28-30H2,1-11H3,(H,50,53)/t32-,36?,37-,38+,39-,45-/m0/s1. The molecule has 1 amide bonds. The number of rotatable bonds is 16. The van der Waals surface area contributed by atoms with E-state index in [0.717, 1.165) is 29.9 Å². The van der Waals surface area contributed by atoms with E-state index in [9.17, 15) is 9.59 Å². The largest absolute Gasteiger partial charge is 0.481 e. The van der Waals surface area contributed by atoms with Gasteiger partial charge in [-0.25, -0.2) is 0 Å². The third kappa shape index (κ3) is 10.4. The Hall–Kier alpha value is -3.49. The third-order valence-electron chi connectivity index (χ3n) is 13.2. The van der Waals surface area contributed by atoms with E-state index >= 15 is 0 Å². The molecule has 3 aromatic heterocycles. The third-order valence-corrected chi connectivity index (χ3v) is 17.7. The zero-order chi connectivity index (χ0) is 42.1. The Morgan fingerprint density at radius 3 is 2.03 bits per heavy atom. The smallest absolute Gasteiger partial charge is 0.460 e. The van der Waals surface area contributed by atoms with Crippen LogP contribution in [-0.2, 0) is 42.9 Å². The number of hydrogen-bond donors (Lipinski definition) is 1. The first-order valence-corrected chi connectivity index (χ1v) is 24.0. The zero-order valence-corrected chi connectivity index (χ0v) is 37.7. The van der Waals surface area contributed by atoms with Crippen LogP contribution in [0.2, 0.25) is 18.1 Å². The molecule has 4 fully saturated rings. The molecule has 6 atom stereocenters. The molecule has 3 aromatic rings. The van der Waals surface area contributed by atoms with E-state index in [1.165, 1.54) is 0 Å². The molecule has 0 radical (unpaired) electrons. The lowest BCUT2D eigenvalue weighted by molar-refractivity contribution is -0.199. The molecule has 11 nitrogen and oxygen atoms in total. The van der Waals surface area contributed by atoms with Gasteiger partial charge < -0.3 is 23.8 Å². The Morgan fingerprint density at radius 1 is 0.897 bits per heavy atom. The highest BCUT2D eigenvalue weighted by atomic mass is 28.4. The minimum absolute atomic E-state index is 0.0456. The summed E-state index contributed by atoms with van der Waals surface area (Å²) in [6.07, 6.45) is 7.99. The molecule has 1 N–H and O–H groups in total. The highest BCUT2D eigenvalue weighted by Gasteiger charge is 2.68. The van der Waals surface area contributed by atoms with Gasteiger partial charge in [0.05, 0.1) is 52.8 Å². The summed E-state index contributed by atoms with van der Waals surface area (Å²) < 4.78 is 26.4. The topological polar surface area (TPSA) is 125 Å². The molecule has 0 aromatic carbocycles. The molecule has 1 unspecified atom stereocenters. The summed E-state index contributed by atoms with van der Waals surface area (Å²) in [6, 6.07) is 15.6.